The Morgan fingerprint density at radius 1 is 0.786 bits per heavy atom. The Bertz CT molecular complexity index is 326. The lowest BCUT2D eigenvalue weighted by atomic mass is 10.4. The summed E-state index contributed by atoms with van der Waals surface area (Å²) in [7, 11) is 0. The number of hydrogen-bond acceptors (Lipinski definition) is 3. The first kappa shape index (κ1) is 10.2. The molecular formula is C10H12BN3. The fourth-order valence-corrected chi connectivity index (χ4v) is 1.00. The van der Waals surface area contributed by atoms with Crippen LogP contribution in [0.3, 0.4) is 0 Å². The Morgan fingerprint density at radius 2 is 1.29 bits per heavy atom. The average Bonchev–Trinajstić information content (AvgIpc) is 2.21. The van der Waals surface area contributed by atoms with Gasteiger partial charge in [-0.2, -0.15) is 0 Å². The van der Waals surface area contributed by atoms with Crippen LogP contribution in [0.2, 0.25) is 0 Å². The van der Waals surface area contributed by atoms with Gasteiger partial charge in [0.05, 0.1) is 8.41 Å². The van der Waals surface area contributed by atoms with Gasteiger partial charge in [0.2, 0.25) is 0 Å². The zero-order valence-corrected chi connectivity index (χ0v) is 7.01. The van der Waals surface area contributed by atoms with Gasteiger partial charge in [0.15, 0.2) is 0 Å². The topological polar surface area (TPSA) is 37.8 Å². The normalized spacial score (nSPS) is 8.86. The van der Waals surface area contributed by atoms with Crippen molar-refractivity contribution < 1.29 is 0 Å². The van der Waals surface area contributed by atoms with Crippen molar-refractivity contribution in [2.24, 2.45) is 0 Å². The molecule has 4 heteroatoms. The standard InChI is InChI=1S/C10H9N3.BH3/c1-3-7-11-9(5-1)13-10-6-2-4-8-12-10;/h1-8H,(H,11,12,13);1H3. The predicted molar refractivity (Wildman–Crippen MR) is 61.7 cm³/mol. The largest absolute Gasteiger partial charge is 0.325 e. The molecule has 2 heterocycles. The number of rotatable bonds is 2. The Hall–Kier alpha value is -1.84. The Kier molecular flexibility index (Phi) is 3.67. The van der Waals surface area contributed by atoms with E-state index in [1.165, 1.54) is 0 Å². The zero-order valence-electron chi connectivity index (χ0n) is 7.01. The molecule has 70 valence electrons. The highest BCUT2D eigenvalue weighted by atomic mass is 15.0. The van der Waals surface area contributed by atoms with Crippen molar-refractivity contribution in [3.63, 3.8) is 0 Å². The third-order valence-corrected chi connectivity index (χ3v) is 1.59. The van der Waals surface area contributed by atoms with Gasteiger partial charge in [-0.3, -0.25) is 0 Å². The molecule has 0 amide bonds. The minimum Gasteiger partial charge on any atom is -0.325 e. The molecular weight excluding hydrogens is 173 g/mol. The van der Waals surface area contributed by atoms with Crippen LogP contribution < -0.4 is 5.32 Å². The van der Waals surface area contributed by atoms with Crippen molar-refractivity contribution in [2.75, 3.05) is 5.32 Å². The number of nitrogens with zero attached hydrogens (tertiary/aromatic N) is 2. The average molecular weight is 185 g/mol. The van der Waals surface area contributed by atoms with Crippen molar-refractivity contribution in [3.05, 3.63) is 48.8 Å². The van der Waals surface area contributed by atoms with Crippen molar-refractivity contribution in [1.82, 2.24) is 9.97 Å². The summed E-state index contributed by atoms with van der Waals surface area (Å²) in [5, 5.41) is 3.08. The lowest BCUT2D eigenvalue weighted by Crippen LogP contribution is -1.93. The summed E-state index contributed by atoms with van der Waals surface area (Å²) in [5.74, 6) is 1.61. The first-order chi connectivity index (χ1) is 6.45. The van der Waals surface area contributed by atoms with Crippen LogP contribution in [0.1, 0.15) is 0 Å². The quantitative estimate of drug-likeness (QED) is 0.710. The van der Waals surface area contributed by atoms with E-state index in [-0.39, 0.29) is 8.41 Å². The Morgan fingerprint density at radius 3 is 1.64 bits per heavy atom. The minimum absolute atomic E-state index is 0. The van der Waals surface area contributed by atoms with E-state index < -0.39 is 0 Å². The van der Waals surface area contributed by atoms with Crippen LogP contribution in [0.4, 0.5) is 11.6 Å². The van der Waals surface area contributed by atoms with Gasteiger partial charge in [0, 0.05) is 12.4 Å². The Labute approximate surface area is 84.8 Å². The molecule has 2 aromatic heterocycles. The lowest BCUT2D eigenvalue weighted by molar-refractivity contribution is 1.25. The van der Waals surface area contributed by atoms with Crippen LogP contribution >= 0.6 is 0 Å². The molecule has 0 aliphatic heterocycles. The summed E-state index contributed by atoms with van der Waals surface area (Å²) in [6, 6.07) is 11.4. The minimum atomic E-state index is 0. The van der Waals surface area contributed by atoms with E-state index in [0.717, 1.165) is 11.6 Å². The van der Waals surface area contributed by atoms with Crippen molar-refractivity contribution in [2.45, 2.75) is 0 Å². The van der Waals surface area contributed by atoms with Gasteiger partial charge in [-0.1, -0.05) is 12.1 Å². The summed E-state index contributed by atoms with van der Waals surface area (Å²) >= 11 is 0. The molecule has 0 aliphatic carbocycles. The summed E-state index contributed by atoms with van der Waals surface area (Å²) < 4.78 is 0. The van der Waals surface area contributed by atoms with E-state index in [9.17, 15) is 0 Å². The smallest absolute Gasteiger partial charge is 0.131 e. The van der Waals surface area contributed by atoms with E-state index in [0.29, 0.717) is 0 Å². The van der Waals surface area contributed by atoms with Crippen LogP contribution in [0.15, 0.2) is 48.8 Å². The second-order valence-corrected chi connectivity index (χ2v) is 2.55. The molecule has 2 aromatic rings. The van der Waals surface area contributed by atoms with Gasteiger partial charge < -0.3 is 5.32 Å². The Balaban J connectivity index is 0.000000980. The van der Waals surface area contributed by atoms with Crippen LogP contribution in [-0.2, 0) is 0 Å². The van der Waals surface area contributed by atoms with Crippen molar-refractivity contribution >= 4 is 20.0 Å². The molecule has 2 rings (SSSR count). The molecule has 0 atom stereocenters. The van der Waals surface area contributed by atoms with Gasteiger partial charge in [-0.25, -0.2) is 9.97 Å². The van der Waals surface area contributed by atoms with Crippen LogP contribution in [-0.4, -0.2) is 18.4 Å². The zero-order chi connectivity index (χ0) is 8.93. The summed E-state index contributed by atoms with van der Waals surface area (Å²) in [4.78, 5) is 8.25. The third kappa shape index (κ3) is 2.59. The fraction of sp³-hybridized carbons (Fsp3) is 0. The van der Waals surface area contributed by atoms with E-state index in [4.69, 9.17) is 0 Å². The van der Waals surface area contributed by atoms with Crippen molar-refractivity contribution in [3.8, 4) is 0 Å². The first-order valence-electron chi connectivity index (χ1n) is 4.04. The number of nitrogens with one attached hydrogen (secondary N) is 1. The van der Waals surface area contributed by atoms with Crippen LogP contribution in [0.25, 0.3) is 0 Å². The second-order valence-electron chi connectivity index (χ2n) is 2.55. The molecule has 0 aromatic carbocycles. The first-order valence-corrected chi connectivity index (χ1v) is 4.04. The van der Waals surface area contributed by atoms with E-state index in [1.54, 1.807) is 12.4 Å². The molecule has 0 radical (unpaired) electrons. The lowest BCUT2D eigenvalue weighted by Gasteiger charge is -2.02. The van der Waals surface area contributed by atoms with Gasteiger partial charge in [-0.15, -0.1) is 0 Å². The molecule has 0 saturated carbocycles. The maximum absolute atomic E-state index is 4.12. The number of aromatic nitrogens is 2. The number of anilines is 2. The summed E-state index contributed by atoms with van der Waals surface area (Å²) in [6.07, 6.45) is 3.48. The van der Waals surface area contributed by atoms with Crippen LogP contribution in [0, 0.1) is 0 Å². The maximum atomic E-state index is 4.12. The van der Waals surface area contributed by atoms with Crippen LogP contribution in [0.5, 0.6) is 0 Å². The molecule has 3 nitrogen and oxygen atoms in total. The highest BCUT2D eigenvalue weighted by Crippen LogP contribution is 2.08. The fourth-order valence-electron chi connectivity index (χ4n) is 1.00. The molecule has 0 bridgehead atoms. The van der Waals surface area contributed by atoms with Crippen molar-refractivity contribution in [1.29, 1.82) is 0 Å². The molecule has 0 spiro atoms. The van der Waals surface area contributed by atoms with E-state index in [1.807, 2.05) is 36.4 Å². The summed E-state index contributed by atoms with van der Waals surface area (Å²) in [5.41, 5.74) is 0. The maximum Gasteiger partial charge on any atom is 0.131 e. The predicted octanol–water partition coefficient (Wildman–Crippen LogP) is 1.04. The molecule has 0 unspecified atom stereocenters. The van der Waals surface area contributed by atoms with Gasteiger partial charge >= 0.3 is 0 Å². The van der Waals surface area contributed by atoms with E-state index >= 15 is 0 Å². The molecule has 14 heavy (non-hydrogen) atoms. The molecule has 1 N–H and O–H groups in total. The highest BCUT2D eigenvalue weighted by molar-refractivity contribution is 5.75. The molecule has 0 aliphatic rings. The van der Waals surface area contributed by atoms with E-state index in [2.05, 4.69) is 15.3 Å². The number of pyridine rings is 2. The monoisotopic (exact) mass is 185 g/mol. The molecule has 0 fully saturated rings. The highest BCUT2D eigenvalue weighted by Gasteiger charge is 1.92. The summed E-state index contributed by atoms with van der Waals surface area (Å²) in [6.45, 7) is 0. The second kappa shape index (κ2) is 5.02. The number of hydrogen-bond donors (Lipinski definition) is 1. The van der Waals surface area contributed by atoms with Gasteiger partial charge in [0.25, 0.3) is 0 Å². The third-order valence-electron chi connectivity index (χ3n) is 1.59. The SMILES string of the molecule is B.c1ccc(Nc2ccccn2)nc1. The molecule has 0 saturated heterocycles. The van der Waals surface area contributed by atoms with Gasteiger partial charge in [-0.05, 0) is 24.3 Å². The van der Waals surface area contributed by atoms with Gasteiger partial charge in [0.1, 0.15) is 11.6 Å².